The smallest absolute Gasteiger partial charge is 0.255 e. The predicted molar refractivity (Wildman–Crippen MR) is 107 cm³/mol. The van der Waals surface area contributed by atoms with Crippen LogP contribution < -0.4 is 0 Å². The molecule has 6 heteroatoms. The molecule has 28 heavy (non-hydrogen) atoms. The molecule has 0 unspecified atom stereocenters. The number of amides is 2. The molecule has 1 aromatic heterocycles. The Morgan fingerprint density at radius 2 is 1.86 bits per heavy atom. The van der Waals surface area contributed by atoms with Crippen molar-refractivity contribution in [3.63, 3.8) is 0 Å². The number of nitrogens with zero attached hydrogens (tertiary/aromatic N) is 3. The summed E-state index contributed by atoms with van der Waals surface area (Å²) in [5, 5.41) is 0.970. The first-order chi connectivity index (χ1) is 13.5. The lowest BCUT2D eigenvalue weighted by atomic mass is 9.95. The zero-order valence-electron chi connectivity index (χ0n) is 16.6. The number of aryl methyl sites for hydroxylation is 2. The molecule has 0 saturated carbocycles. The van der Waals surface area contributed by atoms with Crippen LogP contribution in [0.3, 0.4) is 0 Å². The highest BCUT2D eigenvalue weighted by molar-refractivity contribution is 5.99. The molecule has 2 aromatic rings. The van der Waals surface area contributed by atoms with Gasteiger partial charge in [-0.05, 0) is 44.4 Å². The van der Waals surface area contributed by atoms with Crippen molar-refractivity contribution in [3.05, 3.63) is 41.1 Å². The van der Waals surface area contributed by atoms with Crippen LogP contribution in [0, 0.1) is 19.8 Å². The number of aromatic nitrogens is 1. The van der Waals surface area contributed by atoms with E-state index in [2.05, 4.69) is 4.98 Å². The third-order valence-corrected chi connectivity index (χ3v) is 5.77. The third kappa shape index (κ3) is 3.74. The van der Waals surface area contributed by atoms with Crippen molar-refractivity contribution in [2.24, 2.45) is 5.92 Å². The molecule has 1 aromatic carbocycles. The standard InChI is InChI=1S/C22H27N3O3/c1-15-5-6-17-13-19(16(2)23-20(17)12-15)22(27)25-7-3-4-18(14-25)21(26)24-8-10-28-11-9-24/h5-6,12-13,18H,3-4,7-11,14H2,1-2H3/t18-/m1/s1. The summed E-state index contributed by atoms with van der Waals surface area (Å²) in [4.78, 5) is 34.4. The van der Waals surface area contributed by atoms with Crippen LogP contribution in [-0.4, -0.2) is 66.0 Å². The van der Waals surface area contributed by atoms with Gasteiger partial charge in [-0.15, -0.1) is 0 Å². The summed E-state index contributed by atoms with van der Waals surface area (Å²) in [5.74, 6) is 0.0174. The van der Waals surface area contributed by atoms with Gasteiger partial charge in [0.25, 0.3) is 5.91 Å². The number of morpholine rings is 1. The number of rotatable bonds is 2. The van der Waals surface area contributed by atoms with E-state index in [-0.39, 0.29) is 17.7 Å². The second kappa shape index (κ2) is 7.87. The molecule has 2 aliphatic heterocycles. The first-order valence-electron chi connectivity index (χ1n) is 10.1. The van der Waals surface area contributed by atoms with E-state index in [1.165, 1.54) is 0 Å². The van der Waals surface area contributed by atoms with Crippen LogP contribution >= 0.6 is 0 Å². The predicted octanol–water partition coefficient (Wildman–Crippen LogP) is 2.56. The Labute approximate surface area is 165 Å². The van der Waals surface area contributed by atoms with Crippen LogP contribution in [0.1, 0.15) is 34.5 Å². The van der Waals surface area contributed by atoms with E-state index in [0.717, 1.165) is 35.0 Å². The van der Waals surface area contributed by atoms with Crippen LogP contribution in [0.15, 0.2) is 24.3 Å². The van der Waals surface area contributed by atoms with Crippen molar-refractivity contribution in [2.45, 2.75) is 26.7 Å². The fraction of sp³-hybridized carbons (Fsp3) is 0.500. The monoisotopic (exact) mass is 381 g/mol. The number of carbonyl (C=O) groups excluding carboxylic acids is 2. The van der Waals surface area contributed by atoms with Gasteiger partial charge in [0.2, 0.25) is 5.91 Å². The molecule has 1 atom stereocenters. The number of ether oxygens (including phenoxy) is 1. The molecular formula is C22H27N3O3. The van der Waals surface area contributed by atoms with E-state index in [1.807, 2.05) is 47.9 Å². The van der Waals surface area contributed by atoms with Gasteiger partial charge in [0, 0.05) is 31.6 Å². The molecule has 0 radical (unpaired) electrons. The Balaban J connectivity index is 1.52. The number of piperidine rings is 1. The summed E-state index contributed by atoms with van der Waals surface area (Å²) < 4.78 is 5.34. The summed E-state index contributed by atoms with van der Waals surface area (Å²) in [6, 6.07) is 8.02. The summed E-state index contributed by atoms with van der Waals surface area (Å²) >= 11 is 0. The molecule has 2 fully saturated rings. The first-order valence-corrected chi connectivity index (χ1v) is 10.1. The molecule has 6 nitrogen and oxygen atoms in total. The molecule has 0 N–H and O–H groups in total. The third-order valence-electron chi connectivity index (χ3n) is 5.77. The number of hydrogen-bond donors (Lipinski definition) is 0. The lowest BCUT2D eigenvalue weighted by Crippen LogP contribution is -2.49. The average Bonchev–Trinajstić information content (AvgIpc) is 2.73. The van der Waals surface area contributed by atoms with Crippen LogP contribution in [-0.2, 0) is 9.53 Å². The fourth-order valence-corrected chi connectivity index (χ4v) is 4.17. The van der Waals surface area contributed by atoms with Crippen LogP contribution in [0.4, 0.5) is 0 Å². The molecule has 0 spiro atoms. The Morgan fingerprint density at radius 3 is 2.64 bits per heavy atom. The highest BCUT2D eigenvalue weighted by Crippen LogP contribution is 2.24. The van der Waals surface area contributed by atoms with Gasteiger partial charge in [0.05, 0.1) is 35.9 Å². The zero-order valence-corrected chi connectivity index (χ0v) is 16.6. The van der Waals surface area contributed by atoms with Crippen molar-refractivity contribution >= 4 is 22.7 Å². The van der Waals surface area contributed by atoms with Crippen LogP contribution in [0.25, 0.3) is 10.9 Å². The first kappa shape index (κ1) is 18.9. The fourth-order valence-electron chi connectivity index (χ4n) is 4.17. The second-order valence-corrected chi connectivity index (χ2v) is 7.85. The van der Waals surface area contributed by atoms with Crippen LogP contribution in [0.5, 0.6) is 0 Å². The lowest BCUT2D eigenvalue weighted by Gasteiger charge is -2.36. The molecule has 2 saturated heterocycles. The highest BCUT2D eigenvalue weighted by atomic mass is 16.5. The van der Waals surface area contributed by atoms with Crippen molar-refractivity contribution in [3.8, 4) is 0 Å². The molecule has 3 heterocycles. The molecule has 4 rings (SSSR count). The minimum absolute atomic E-state index is 0.0213. The molecule has 2 aliphatic rings. The van der Waals surface area contributed by atoms with Crippen LogP contribution in [0.2, 0.25) is 0 Å². The summed E-state index contributed by atoms with van der Waals surface area (Å²) in [5.41, 5.74) is 3.44. The van der Waals surface area contributed by atoms with E-state index in [9.17, 15) is 9.59 Å². The van der Waals surface area contributed by atoms with Crippen molar-refractivity contribution in [1.82, 2.24) is 14.8 Å². The zero-order chi connectivity index (χ0) is 19.7. The van der Waals surface area contributed by atoms with Gasteiger partial charge in [-0.1, -0.05) is 12.1 Å². The normalized spacial score (nSPS) is 20.4. The maximum absolute atomic E-state index is 13.2. The molecule has 0 aliphatic carbocycles. The Morgan fingerprint density at radius 1 is 1.07 bits per heavy atom. The van der Waals surface area contributed by atoms with E-state index in [1.54, 1.807) is 0 Å². The summed E-state index contributed by atoms with van der Waals surface area (Å²) in [7, 11) is 0. The van der Waals surface area contributed by atoms with Gasteiger partial charge in [0.1, 0.15) is 0 Å². The van der Waals surface area contributed by atoms with E-state index < -0.39 is 0 Å². The van der Waals surface area contributed by atoms with Gasteiger partial charge < -0.3 is 14.5 Å². The quantitative estimate of drug-likeness (QED) is 0.802. The number of benzene rings is 1. The minimum atomic E-state index is -0.118. The highest BCUT2D eigenvalue weighted by Gasteiger charge is 2.32. The maximum Gasteiger partial charge on any atom is 0.255 e. The Hall–Kier alpha value is -2.47. The van der Waals surface area contributed by atoms with Crippen molar-refractivity contribution < 1.29 is 14.3 Å². The van der Waals surface area contributed by atoms with Gasteiger partial charge in [0.15, 0.2) is 0 Å². The lowest BCUT2D eigenvalue weighted by molar-refractivity contribution is -0.141. The van der Waals surface area contributed by atoms with E-state index in [0.29, 0.717) is 45.0 Å². The van der Waals surface area contributed by atoms with Crippen molar-refractivity contribution in [2.75, 3.05) is 39.4 Å². The maximum atomic E-state index is 13.2. The summed E-state index contributed by atoms with van der Waals surface area (Å²) in [6.07, 6.45) is 1.69. The van der Waals surface area contributed by atoms with Crippen molar-refractivity contribution in [1.29, 1.82) is 0 Å². The van der Waals surface area contributed by atoms with Gasteiger partial charge in [-0.25, -0.2) is 0 Å². The number of fused-ring (bicyclic) bond motifs is 1. The molecule has 0 bridgehead atoms. The number of pyridine rings is 1. The van der Waals surface area contributed by atoms with E-state index in [4.69, 9.17) is 4.74 Å². The van der Waals surface area contributed by atoms with E-state index >= 15 is 0 Å². The van der Waals surface area contributed by atoms with Gasteiger partial charge in [-0.2, -0.15) is 0 Å². The topological polar surface area (TPSA) is 62.7 Å². The van der Waals surface area contributed by atoms with Gasteiger partial charge in [-0.3, -0.25) is 14.6 Å². The second-order valence-electron chi connectivity index (χ2n) is 7.85. The van der Waals surface area contributed by atoms with Gasteiger partial charge >= 0.3 is 0 Å². The Bertz CT molecular complexity index is 905. The Kier molecular flexibility index (Phi) is 5.31. The SMILES string of the molecule is Cc1ccc2cc(C(=O)N3CCC[C@@H](C(=O)N4CCOCC4)C3)c(C)nc2c1. The largest absolute Gasteiger partial charge is 0.378 e. The average molecular weight is 381 g/mol. The number of hydrogen-bond acceptors (Lipinski definition) is 4. The minimum Gasteiger partial charge on any atom is -0.378 e. The molecule has 148 valence electrons. The molecular weight excluding hydrogens is 354 g/mol. The summed E-state index contributed by atoms with van der Waals surface area (Å²) in [6.45, 7) is 7.60. The molecule has 2 amide bonds. The number of likely N-dealkylation sites (tertiary alicyclic amines) is 1. The number of carbonyl (C=O) groups is 2.